The van der Waals surface area contributed by atoms with Gasteiger partial charge in [-0.2, -0.15) is 13.2 Å². The molecular formula is C8H4F6O3S. The third kappa shape index (κ3) is 3.28. The predicted molar refractivity (Wildman–Crippen MR) is 46.4 cm³/mol. The molecule has 0 heterocycles. The smallest absolute Gasteiger partial charge is 0.406 e. The zero-order chi connectivity index (χ0) is 14.2. The number of benzene rings is 1. The SMILES string of the molecule is O=S(=O)(c1cccc(OC(F)(F)F)c1)C(F)(F)F. The summed E-state index contributed by atoms with van der Waals surface area (Å²) in [6.45, 7) is 0. The topological polar surface area (TPSA) is 43.4 Å². The second kappa shape index (κ2) is 4.34. The number of rotatable bonds is 2. The van der Waals surface area contributed by atoms with Crippen molar-refractivity contribution in [3.8, 4) is 5.75 Å². The van der Waals surface area contributed by atoms with Crippen LogP contribution < -0.4 is 4.74 Å². The predicted octanol–water partition coefficient (Wildman–Crippen LogP) is 2.88. The molecule has 0 atom stereocenters. The first-order valence-corrected chi connectivity index (χ1v) is 5.59. The van der Waals surface area contributed by atoms with Gasteiger partial charge >= 0.3 is 11.9 Å². The fraction of sp³-hybridized carbons (Fsp3) is 0.250. The van der Waals surface area contributed by atoms with E-state index in [1.54, 1.807) is 0 Å². The van der Waals surface area contributed by atoms with Crippen molar-refractivity contribution in [2.45, 2.75) is 16.8 Å². The summed E-state index contributed by atoms with van der Waals surface area (Å²) in [6, 6.07) is 2.06. The average Bonchev–Trinajstić information content (AvgIpc) is 2.13. The molecule has 10 heteroatoms. The molecule has 1 rings (SSSR count). The van der Waals surface area contributed by atoms with Crippen LogP contribution in [-0.2, 0) is 9.84 Å². The Hall–Kier alpha value is -1.45. The van der Waals surface area contributed by atoms with Crippen LogP contribution in [0.3, 0.4) is 0 Å². The van der Waals surface area contributed by atoms with E-state index < -0.39 is 32.4 Å². The van der Waals surface area contributed by atoms with Gasteiger partial charge in [-0.25, -0.2) is 8.42 Å². The van der Waals surface area contributed by atoms with E-state index in [0.717, 1.165) is 0 Å². The largest absolute Gasteiger partial charge is 0.573 e. The third-order valence-electron chi connectivity index (χ3n) is 1.65. The maximum atomic E-state index is 12.1. The van der Waals surface area contributed by atoms with Gasteiger partial charge in [-0.05, 0) is 18.2 Å². The summed E-state index contributed by atoms with van der Waals surface area (Å²) in [6.07, 6.45) is -5.12. The minimum atomic E-state index is -5.70. The van der Waals surface area contributed by atoms with Gasteiger partial charge in [0, 0.05) is 0 Å². The molecule has 3 nitrogen and oxygen atoms in total. The molecule has 102 valence electrons. The van der Waals surface area contributed by atoms with Gasteiger partial charge in [0.1, 0.15) is 5.75 Å². The van der Waals surface area contributed by atoms with E-state index in [-0.39, 0.29) is 6.07 Å². The Morgan fingerprint density at radius 3 is 2.00 bits per heavy atom. The van der Waals surface area contributed by atoms with E-state index in [2.05, 4.69) is 4.74 Å². The standard InChI is InChI=1S/C8H4F6O3S/c9-7(10,11)17-5-2-1-3-6(4-5)18(15,16)8(12,13)14/h1-4H. The van der Waals surface area contributed by atoms with Crippen LogP contribution in [0.5, 0.6) is 5.75 Å². The van der Waals surface area contributed by atoms with Gasteiger partial charge in [0.05, 0.1) is 4.90 Å². The Morgan fingerprint density at radius 2 is 1.56 bits per heavy atom. The number of alkyl halides is 6. The summed E-state index contributed by atoms with van der Waals surface area (Å²) >= 11 is 0. The highest BCUT2D eigenvalue weighted by molar-refractivity contribution is 7.92. The molecule has 0 spiro atoms. The second-order valence-corrected chi connectivity index (χ2v) is 4.91. The molecule has 0 saturated heterocycles. The molecule has 0 N–H and O–H groups in total. The van der Waals surface area contributed by atoms with E-state index in [1.807, 2.05) is 0 Å². The average molecular weight is 294 g/mol. The summed E-state index contributed by atoms with van der Waals surface area (Å²) in [5, 5.41) is 0. The summed E-state index contributed by atoms with van der Waals surface area (Å²) < 4.78 is 97.0. The first kappa shape index (κ1) is 14.6. The van der Waals surface area contributed by atoms with Gasteiger partial charge in [-0.15, -0.1) is 13.2 Å². The van der Waals surface area contributed by atoms with E-state index in [4.69, 9.17) is 0 Å². The lowest BCUT2D eigenvalue weighted by atomic mass is 10.3. The van der Waals surface area contributed by atoms with Crippen LogP contribution in [0.4, 0.5) is 26.3 Å². The molecule has 0 aromatic heterocycles. The fourth-order valence-electron chi connectivity index (χ4n) is 0.972. The highest BCUT2D eigenvalue weighted by Gasteiger charge is 2.47. The lowest BCUT2D eigenvalue weighted by Gasteiger charge is -2.11. The van der Waals surface area contributed by atoms with Gasteiger partial charge in [0.15, 0.2) is 0 Å². The molecule has 0 fully saturated rings. The van der Waals surface area contributed by atoms with Gasteiger partial charge in [-0.1, -0.05) is 6.07 Å². The quantitative estimate of drug-likeness (QED) is 0.788. The van der Waals surface area contributed by atoms with Crippen LogP contribution in [0.2, 0.25) is 0 Å². The summed E-state index contributed by atoms with van der Waals surface area (Å²) in [5.41, 5.74) is -5.59. The van der Waals surface area contributed by atoms with E-state index >= 15 is 0 Å². The van der Waals surface area contributed by atoms with Crippen LogP contribution in [0.25, 0.3) is 0 Å². The number of hydrogen-bond acceptors (Lipinski definition) is 3. The maximum absolute atomic E-state index is 12.1. The Kier molecular flexibility index (Phi) is 3.52. The van der Waals surface area contributed by atoms with Crippen molar-refractivity contribution < 1.29 is 39.5 Å². The molecule has 0 aliphatic rings. The van der Waals surface area contributed by atoms with Crippen LogP contribution in [0.15, 0.2) is 29.2 Å². The van der Waals surface area contributed by atoms with Crippen LogP contribution in [0, 0.1) is 0 Å². The Bertz CT molecular complexity index is 530. The zero-order valence-electron chi connectivity index (χ0n) is 8.21. The summed E-state index contributed by atoms with van der Waals surface area (Å²) in [7, 11) is -5.70. The number of sulfone groups is 1. The number of ether oxygens (including phenoxy) is 1. The van der Waals surface area contributed by atoms with Crippen molar-refractivity contribution >= 4 is 9.84 Å². The van der Waals surface area contributed by atoms with Crippen molar-refractivity contribution in [3.05, 3.63) is 24.3 Å². The highest BCUT2D eigenvalue weighted by atomic mass is 32.2. The third-order valence-corrected chi connectivity index (χ3v) is 3.14. The molecule has 1 aromatic rings. The first-order chi connectivity index (χ1) is 7.93. The van der Waals surface area contributed by atoms with Crippen LogP contribution >= 0.6 is 0 Å². The zero-order valence-corrected chi connectivity index (χ0v) is 9.03. The molecule has 1 aromatic carbocycles. The lowest BCUT2D eigenvalue weighted by Crippen LogP contribution is -2.23. The molecule has 0 radical (unpaired) electrons. The number of halogens is 6. The van der Waals surface area contributed by atoms with E-state index in [9.17, 15) is 34.8 Å². The number of hydrogen-bond donors (Lipinski definition) is 0. The van der Waals surface area contributed by atoms with Crippen molar-refractivity contribution in [1.82, 2.24) is 0 Å². The molecule has 0 bridgehead atoms. The molecule has 0 saturated carbocycles. The molecule has 0 aliphatic heterocycles. The van der Waals surface area contributed by atoms with Crippen LogP contribution in [0.1, 0.15) is 0 Å². The van der Waals surface area contributed by atoms with Crippen LogP contribution in [-0.4, -0.2) is 20.3 Å². The summed E-state index contributed by atoms with van der Waals surface area (Å²) in [5.74, 6) is -1.05. The normalized spacial score (nSPS) is 13.4. The minimum absolute atomic E-state index is 0.149. The molecule has 0 unspecified atom stereocenters. The lowest BCUT2D eigenvalue weighted by molar-refractivity contribution is -0.274. The van der Waals surface area contributed by atoms with Crippen molar-refractivity contribution in [3.63, 3.8) is 0 Å². The van der Waals surface area contributed by atoms with E-state index in [0.29, 0.717) is 18.2 Å². The second-order valence-electron chi connectivity index (χ2n) is 2.97. The Labute approximate surface area is 96.9 Å². The minimum Gasteiger partial charge on any atom is -0.406 e. The molecule has 0 aliphatic carbocycles. The van der Waals surface area contributed by atoms with Gasteiger partial charge in [-0.3, -0.25) is 0 Å². The Balaban J connectivity index is 3.19. The Morgan fingerprint density at radius 1 is 1.00 bits per heavy atom. The van der Waals surface area contributed by atoms with Gasteiger partial charge in [0.2, 0.25) is 0 Å². The fourth-order valence-corrected chi connectivity index (χ4v) is 1.77. The van der Waals surface area contributed by atoms with Gasteiger partial charge in [0.25, 0.3) is 9.84 Å². The summed E-state index contributed by atoms with van der Waals surface area (Å²) in [4.78, 5) is -1.32. The maximum Gasteiger partial charge on any atom is 0.573 e. The van der Waals surface area contributed by atoms with Gasteiger partial charge < -0.3 is 4.74 Å². The van der Waals surface area contributed by atoms with Crippen molar-refractivity contribution in [2.75, 3.05) is 0 Å². The first-order valence-electron chi connectivity index (χ1n) is 4.11. The molecule has 18 heavy (non-hydrogen) atoms. The highest BCUT2D eigenvalue weighted by Crippen LogP contribution is 2.32. The monoisotopic (exact) mass is 294 g/mol. The van der Waals surface area contributed by atoms with Crippen molar-refractivity contribution in [2.24, 2.45) is 0 Å². The molecular weight excluding hydrogens is 290 g/mol. The molecule has 0 amide bonds. The van der Waals surface area contributed by atoms with Crippen molar-refractivity contribution in [1.29, 1.82) is 0 Å². The van der Waals surface area contributed by atoms with E-state index in [1.165, 1.54) is 0 Å².